The second-order valence-corrected chi connectivity index (χ2v) is 4.14. The molecule has 6 heteroatoms. The van der Waals surface area contributed by atoms with E-state index in [0.717, 1.165) is 0 Å². The van der Waals surface area contributed by atoms with Crippen LogP contribution in [0.3, 0.4) is 0 Å². The molecule has 2 aromatic rings. The Balaban J connectivity index is 2.49. The van der Waals surface area contributed by atoms with Crippen molar-refractivity contribution in [1.82, 2.24) is 4.98 Å². The van der Waals surface area contributed by atoms with Crippen LogP contribution in [-0.4, -0.2) is 17.6 Å². The highest BCUT2D eigenvalue weighted by Crippen LogP contribution is 2.35. The van der Waals surface area contributed by atoms with Crippen LogP contribution >= 0.6 is 23.2 Å². The van der Waals surface area contributed by atoms with Gasteiger partial charge in [-0.15, -0.1) is 0 Å². The van der Waals surface area contributed by atoms with Crippen LogP contribution in [0.15, 0.2) is 29.0 Å². The Kier molecular flexibility index (Phi) is 3.89. The maximum atomic E-state index is 11.7. The molecule has 1 aromatic carbocycles. The fraction of sp³-hybridized carbons (Fsp3) is 0.167. The number of aromatic nitrogens is 1. The van der Waals surface area contributed by atoms with E-state index >= 15 is 0 Å². The van der Waals surface area contributed by atoms with E-state index in [-0.39, 0.29) is 18.1 Å². The van der Waals surface area contributed by atoms with E-state index in [0.29, 0.717) is 15.6 Å². The van der Waals surface area contributed by atoms with Crippen LogP contribution < -0.4 is 0 Å². The molecule has 0 amide bonds. The van der Waals surface area contributed by atoms with Crippen molar-refractivity contribution in [2.24, 2.45) is 0 Å². The van der Waals surface area contributed by atoms with Crippen molar-refractivity contribution < 1.29 is 13.9 Å². The molecule has 0 fully saturated rings. The molecule has 0 N–H and O–H groups in total. The average Bonchev–Trinajstić information content (AvgIpc) is 2.82. The van der Waals surface area contributed by atoms with Crippen molar-refractivity contribution in [3.8, 4) is 11.3 Å². The topological polar surface area (TPSA) is 52.3 Å². The SMILES string of the molecule is CCOC(=O)c1ncoc1-c1cccc(Cl)c1Cl. The molecule has 0 aliphatic rings. The first-order valence-corrected chi connectivity index (χ1v) is 5.95. The van der Waals surface area contributed by atoms with Gasteiger partial charge in [0, 0.05) is 5.56 Å². The molecule has 0 unspecified atom stereocenters. The number of esters is 1. The molecule has 2 rings (SSSR count). The minimum absolute atomic E-state index is 0.0843. The van der Waals surface area contributed by atoms with Crippen LogP contribution in [0.1, 0.15) is 17.4 Å². The number of benzene rings is 1. The van der Waals surface area contributed by atoms with Gasteiger partial charge in [-0.1, -0.05) is 29.3 Å². The lowest BCUT2D eigenvalue weighted by atomic mass is 10.1. The Morgan fingerprint density at radius 3 is 2.94 bits per heavy atom. The van der Waals surface area contributed by atoms with E-state index in [1.165, 1.54) is 6.39 Å². The fourth-order valence-corrected chi connectivity index (χ4v) is 1.85. The highest BCUT2D eigenvalue weighted by molar-refractivity contribution is 6.43. The number of ether oxygens (including phenoxy) is 1. The third kappa shape index (κ3) is 2.35. The Labute approximate surface area is 113 Å². The van der Waals surface area contributed by atoms with Gasteiger partial charge < -0.3 is 9.15 Å². The van der Waals surface area contributed by atoms with Crippen molar-refractivity contribution in [1.29, 1.82) is 0 Å². The highest BCUT2D eigenvalue weighted by Gasteiger charge is 2.21. The molecule has 18 heavy (non-hydrogen) atoms. The first kappa shape index (κ1) is 12.9. The Bertz CT molecular complexity index is 580. The van der Waals surface area contributed by atoms with Crippen LogP contribution in [0.4, 0.5) is 0 Å². The molecule has 0 bridgehead atoms. The predicted molar refractivity (Wildman–Crippen MR) is 67.9 cm³/mol. The normalized spacial score (nSPS) is 10.4. The number of carbonyl (C=O) groups is 1. The quantitative estimate of drug-likeness (QED) is 0.805. The van der Waals surface area contributed by atoms with Gasteiger partial charge in [-0.2, -0.15) is 0 Å². The summed E-state index contributed by atoms with van der Waals surface area (Å²) in [6, 6.07) is 5.05. The maximum absolute atomic E-state index is 11.7. The van der Waals surface area contributed by atoms with E-state index in [1.54, 1.807) is 25.1 Å². The van der Waals surface area contributed by atoms with Crippen molar-refractivity contribution in [3.63, 3.8) is 0 Å². The monoisotopic (exact) mass is 285 g/mol. The fourth-order valence-electron chi connectivity index (χ4n) is 1.46. The van der Waals surface area contributed by atoms with Gasteiger partial charge in [0.1, 0.15) is 0 Å². The molecule has 4 nitrogen and oxygen atoms in total. The van der Waals surface area contributed by atoms with E-state index in [4.69, 9.17) is 32.4 Å². The summed E-state index contributed by atoms with van der Waals surface area (Å²) in [4.78, 5) is 15.5. The summed E-state index contributed by atoms with van der Waals surface area (Å²) in [7, 11) is 0. The van der Waals surface area contributed by atoms with Gasteiger partial charge in [0.25, 0.3) is 0 Å². The maximum Gasteiger partial charge on any atom is 0.360 e. The average molecular weight is 286 g/mol. The summed E-state index contributed by atoms with van der Waals surface area (Å²) < 4.78 is 10.1. The molecule has 0 saturated heterocycles. The standard InChI is InChI=1S/C12H9Cl2NO3/c1-2-17-12(16)10-11(18-6-15-10)7-4-3-5-8(13)9(7)14/h3-6H,2H2,1H3. The minimum Gasteiger partial charge on any atom is -0.461 e. The summed E-state index contributed by atoms with van der Waals surface area (Å²) in [6.45, 7) is 1.97. The van der Waals surface area contributed by atoms with Crippen LogP contribution in [0.25, 0.3) is 11.3 Å². The molecule has 0 atom stereocenters. The smallest absolute Gasteiger partial charge is 0.360 e. The number of halogens is 2. The van der Waals surface area contributed by atoms with Gasteiger partial charge in [0.15, 0.2) is 17.8 Å². The summed E-state index contributed by atoms with van der Waals surface area (Å²) in [6.07, 6.45) is 1.17. The number of rotatable bonds is 3. The lowest BCUT2D eigenvalue weighted by Crippen LogP contribution is -2.06. The van der Waals surface area contributed by atoms with Crippen LogP contribution in [0.2, 0.25) is 10.0 Å². The number of hydrogen-bond acceptors (Lipinski definition) is 4. The highest BCUT2D eigenvalue weighted by atomic mass is 35.5. The van der Waals surface area contributed by atoms with Crippen molar-refractivity contribution in [2.45, 2.75) is 6.92 Å². The molecule has 94 valence electrons. The molecule has 0 aliphatic heterocycles. The second-order valence-electron chi connectivity index (χ2n) is 3.35. The van der Waals surface area contributed by atoms with Gasteiger partial charge in [-0.3, -0.25) is 0 Å². The van der Waals surface area contributed by atoms with E-state index in [1.807, 2.05) is 0 Å². The van der Waals surface area contributed by atoms with E-state index in [2.05, 4.69) is 4.98 Å². The van der Waals surface area contributed by atoms with E-state index in [9.17, 15) is 4.79 Å². The molecular weight excluding hydrogens is 277 g/mol. The lowest BCUT2D eigenvalue weighted by Gasteiger charge is -2.04. The number of nitrogens with zero attached hydrogens (tertiary/aromatic N) is 1. The molecule has 0 spiro atoms. The number of hydrogen-bond donors (Lipinski definition) is 0. The van der Waals surface area contributed by atoms with Gasteiger partial charge in [0.2, 0.25) is 0 Å². The molecular formula is C12H9Cl2NO3. The van der Waals surface area contributed by atoms with Crippen LogP contribution in [0, 0.1) is 0 Å². The third-order valence-electron chi connectivity index (χ3n) is 2.23. The first-order chi connectivity index (χ1) is 8.65. The summed E-state index contributed by atoms with van der Waals surface area (Å²) in [5, 5.41) is 0.682. The van der Waals surface area contributed by atoms with Crippen molar-refractivity contribution in [3.05, 3.63) is 40.3 Å². The van der Waals surface area contributed by atoms with E-state index < -0.39 is 5.97 Å². The number of oxazole rings is 1. The molecule has 1 aromatic heterocycles. The molecule has 1 heterocycles. The molecule has 0 saturated carbocycles. The van der Waals surface area contributed by atoms with Gasteiger partial charge >= 0.3 is 5.97 Å². The largest absolute Gasteiger partial charge is 0.461 e. The zero-order valence-corrected chi connectivity index (χ0v) is 11.0. The minimum atomic E-state index is -0.558. The van der Waals surface area contributed by atoms with Crippen molar-refractivity contribution in [2.75, 3.05) is 6.61 Å². The van der Waals surface area contributed by atoms with Crippen LogP contribution in [-0.2, 0) is 4.74 Å². The van der Waals surface area contributed by atoms with Gasteiger partial charge in [0.05, 0.1) is 16.7 Å². The second kappa shape index (κ2) is 5.42. The first-order valence-electron chi connectivity index (χ1n) is 5.20. The summed E-state index contributed by atoms with van der Waals surface area (Å²) in [5.41, 5.74) is 0.589. The Morgan fingerprint density at radius 2 is 2.22 bits per heavy atom. The summed E-state index contributed by atoms with van der Waals surface area (Å²) in [5.74, 6) is -0.307. The number of carbonyl (C=O) groups excluding carboxylic acids is 1. The summed E-state index contributed by atoms with van der Waals surface area (Å²) >= 11 is 12.0. The zero-order valence-electron chi connectivity index (χ0n) is 9.44. The zero-order chi connectivity index (χ0) is 13.1. The molecule has 0 aliphatic carbocycles. The Hall–Kier alpha value is -1.52. The predicted octanol–water partition coefficient (Wildman–Crippen LogP) is 3.83. The Morgan fingerprint density at radius 1 is 1.44 bits per heavy atom. The van der Waals surface area contributed by atoms with Crippen molar-refractivity contribution >= 4 is 29.2 Å². The third-order valence-corrected chi connectivity index (χ3v) is 3.05. The lowest BCUT2D eigenvalue weighted by molar-refractivity contribution is 0.0520. The van der Waals surface area contributed by atoms with Crippen LogP contribution in [0.5, 0.6) is 0 Å². The molecule has 0 radical (unpaired) electrons. The van der Waals surface area contributed by atoms with Gasteiger partial charge in [-0.05, 0) is 19.1 Å². The van der Waals surface area contributed by atoms with Gasteiger partial charge in [-0.25, -0.2) is 9.78 Å².